The molecule has 15 heavy (non-hydrogen) atoms. The zero-order valence-corrected chi connectivity index (χ0v) is 8.76. The summed E-state index contributed by atoms with van der Waals surface area (Å²) in [6, 6.07) is 0. The van der Waals surface area contributed by atoms with Crippen LogP contribution in [0.3, 0.4) is 0 Å². The number of carbonyl (C=O) groups is 1. The largest absolute Gasteiger partial charge is 0.481 e. The maximum Gasteiger partial charge on any atom is 0.313 e. The van der Waals surface area contributed by atoms with E-state index in [0.29, 0.717) is 11.7 Å². The molecule has 1 atom stereocenters. The van der Waals surface area contributed by atoms with Gasteiger partial charge < -0.3 is 5.11 Å². The Morgan fingerprint density at radius 2 is 2.47 bits per heavy atom. The van der Waals surface area contributed by atoms with Crippen molar-refractivity contribution >= 4 is 5.97 Å². The Kier molecular flexibility index (Phi) is 2.70. The highest BCUT2D eigenvalue weighted by atomic mass is 16.4. The summed E-state index contributed by atoms with van der Waals surface area (Å²) in [7, 11) is 0. The Bertz CT molecular complexity index is 357. The van der Waals surface area contributed by atoms with E-state index in [4.69, 9.17) is 5.11 Å². The lowest BCUT2D eigenvalue weighted by Gasteiger charge is -2.25. The maximum atomic E-state index is 10.8. The molecule has 1 aromatic heterocycles. The van der Waals surface area contributed by atoms with E-state index in [9.17, 15) is 4.79 Å². The zero-order valence-electron chi connectivity index (χ0n) is 8.76. The number of carboxylic acid groups (broad SMARTS) is 1. The van der Waals surface area contributed by atoms with Gasteiger partial charge in [-0.2, -0.15) is 5.10 Å². The van der Waals surface area contributed by atoms with Gasteiger partial charge in [-0.15, -0.1) is 0 Å². The van der Waals surface area contributed by atoms with Gasteiger partial charge in [-0.3, -0.25) is 4.79 Å². The number of hydrogen-bond acceptors (Lipinski definition) is 3. The number of rotatable bonds is 4. The summed E-state index contributed by atoms with van der Waals surface area (Å²) in [5.41, 5.74) is 0. The highest BCUT2D eigenvalue weighted by molar-refractivity contribution is 5.74. The second-order valence-corrected chi connectivity index (χ2v) is 4.16. The Morgan fingerprint density at radius 1 is 1.73 bits per heavy atom. The van der Waals surface area contributed by atoms with E-state index in [2.05, 4.69) is 10.1 Å². The normalized spacial score (nSPS) is 18.5. The lowest BCUT2D eigenvalue weighted by molar-refractivity contribution is -0.138. The third-order valence-corrected chi connectivity index (χ3v) is 3.06. The summed E-state index contributed by atoms with van der Waals surface area (Å²) in [5, 5.41) is 13.0. The topological polar surface area (TPSA) is 68.0 Å². The molecule has 0 spiro atoms. The average Bonchev–Trinajstić information content (AvgIpc) is 2.57. The third-order valence-electron chi connectivity index (χ3n) is 3.06. The van der Waals surface area contributed by atoms with Crippen molar-refractivity contribution in [3.05, 3.63) is 12.2 Å². The lowest BCUT2D eigenvalue weighted by atomic mass is 9.85. The molecule has 1 unspecified atom stereocenters. The highest BCUT2D eigenvalue weighted by Crippen LogP contribution is 2.28. The summed E-state index contributed by atoms with van der Waals surface area (Å²) in [6.45, 7) is 2.45. The van der Waals surface area contributed by atoms with Crippen molar-refractivity contribution in [2.75, 3.05) is 0 Å². The molecule has 1 saturated carbocycles. The highest BCUT2D eigenvalue weighted by Gasteiger charge is 2.24. The standard InChI is InChI=1S/C10H15N3O2/c1-7(10(14)15)9-11-6-12-13(9)5-8-3-2-4-8/h6-8H,2-5H2,1H3,(H,14,15). The second-order valence-electron chi connectivity index (χ2n) is 4.16. The first-order chi connectivity index (χ1) is 7.18. The van der Waals surface area contributed by atoms with Gasteiger partial charge >= 0.3 is 5.97 Å². The molecule has 1 aromatic rings. The van der Waals surface area contributed by atoms with Crippen molar-refractivity contribution in [3.8, 4) is 0 Å². The van der Waals surface area contributed by atoms with E-state index in [1.165, 1.54) is 25.6 Å². The molecule has 0 radical (unpaired) electrons. The van der Waals surface area contributed by atoms with Crippen LogP contribution in [0.5, 0.6) is 0 Å². The number of aromatic nitrogens is 3. The molecule has 1 aliphatic rings. The van der Waals surface area contributed by atoms with Crippen molar-refractivity contribution in [1.82, 2.24) is 14.8 Å². The molecule has 1 aliphatic carbocycles. The molecule has 1 heterocycles. The summed E-state index contributed by atoms with van der Waals surface area (Å²) >= 11 is 0. The first-order valence-corrected chi connectivity index (χ1v) is 5.29. The molecule has 0 amide bonds. The van der Waals surface area contributed by atoms with Crippen LogP contribution in [0.4, 0.5) is 0 Å². The minimum atomic E-state index is -0.849. The van der Waals surface area contributed by atoms with Gasteiger partial charge in [0.05, 0.1) is 0 Å². The van der Waals surface area contributed by atoms with Crippen LogP contribution in [-0.4, -0.2) is 25.8 Å². The molecule has 82 valence electrons. The zero-order chi connectivity index (χ0) is 10.8. The molecule has 0 bridgehead atoms. The van der Waals surface area contributed by atoms with E-state index in [-0.39, 0.29) is 0 Å². The van der Waals surface area contributed by atoms with E-state index >= 15 is 0 Å². The summed E-state index contributed by atoms with van der Waals surface area (Å²) in [5.74, 6) is -0.203. The molecular formula is C10H15N3O2. The fourth-order valence-electron chi connectivity index (χ4n) is 1.78. The SMILES string of the molecule is CC(C(=O)O)c1ncnn1CC1CCC1. The first-order valence-electron chi connectivity index (χ1n) is 5.29. The molecular weight excluding hydrogens is 194 g/mol. The second kappa shape index (κ2) is 4.00. The molecule has 5 heteroatoms. The van der Waals surface area contributed by atoms with Crippen LogP contribution >= 0.6 is 0 Å². The van der Waals surface area contributed by atoms with E-state index in [1.54, 1.807) is 11.6 Å². The predicted octanol–water partition coefficient (Wildman–Crippen LogP) is 1.27. The van der Waals surface area contributed by atoms with Crippen LogP contribution in [0, 0.1) is 5.92 Å². The van der Waals surface area contributed by atoms with Crippen molar-refractivity contribution < 1.29 is 9.90 Å². The van der Waals surface area contributed by atoms with Crippen LogP contribution < -0.4 is 0 Å². The molecule has 0 aromatic carbocycles. The predicted molar refractivity (Wildman–Crippen MR) is 53.4 cm³/mol. The first kappa shape index (κ1) is 10.1. The number of hydrogen-bond donors (Lipinski definition) is 1. The fourth-order valence-corrected chi connectivity index (χ4v) is 1.78. The van der Waals surface area contributed by atoms with Gasteiger partial charge in [-0.1, -0.05) is 6.42 Å². The molecule has 0 aliphatic heterocycles. The Morgan fingerprint density at radius 3 is 3.00 bits per heavy atom. The van der Waals surface area contributed by atoms with Gasteiger partial charge in [0.25, 0.3) is 0 Å². The minimum Gasteiger partial charge on any atom is -0.481 e. The Labute approximate surface area is 88.1 Å². The Balaban J connectivity index is 2.10. The minimum absolute atomic E-state index is 0.564. The van der Waals surface area contributed by atoms with Gasteiger partial charge in [0.2, 0.25) is 0 Å². The van der Waals surface area contributed by atoms with Crippen LogP contribution in [0.1, 0.15) is 37.9 Å². The van der Waals surface area contributed by atoms with Crippen LogP contribution in [0.15, 0.2) is 6.33 Å². The number of aliphatic carboxylic acids is 1. The summed E-state index contributed by atoms with van der Waals surface area (Å²) < 4.78 is 1.74. The lowest BCUT2D eigenvalue weighted by Crippen LogP contribution is -2.22. The third kappa shape index (κ3) is 2.00. The van der Waals surface area contributed by atoms with Gasteiger partial charge in [0, 0.05) is 6.54 Å². The molecule has 0 saturated heterocycles. The fraction of sp³-hybridized carbons (Fsp3) is 0.700. The quantitative estimate of drug-likeness (QED) is 0.810. The van der Waals surface area contributed by atoms with Crippen molar-refractivity contribution in [1.29, 1.82) is 0 Å². The summed E-state index contributed by atoms with van der Waals surface area (Å²) in [6.07, 6.45) is 5.16. The van der Waals surface area contributed by atoms with Gasteiger partial charge in [0.1, 0.15) is 18.1 Å². The van der Waals surface area contributed by atoms with E-state index < -0.39 is 11.9 Å². The average molecular weight is 209 g/mol. The number of nitrogens with zero attached hydrogens (tertiary/aromatic N) is 3. The Hall–Kier alpha value is -1.39. The van der Waals surface area contributed by atoms with Gasteiger partial charge in [0.15, 0.2) is 0 Å². The number of carboxylic acids is 1. The molecule has 1 fully saturated rings. The van der Waals surface area contributed by atoms with Crippen molar-refractivity contribution in [2.24, 2.45) is 5.92 Å². The van der Waals surface area contributed by atoms with Gasteiger partial charge in [-0.25, -0.2) is 9.67 Å². The van der Waals surface area contributed by atoms with E-state index in [1.807, 2.05) is 0 Å². The smallest absolute Gasteiger partial charge is 0.313 e. The maximum absolute atomic E-state index is 10.8. The monoisotopic (exact) mass is 209 g/mol. The van der Waals surface area contributed by atoms with E-state index in [0.717, 1.165) is 6.54 Å². The molecule has 2 rings (SSSR count). The van der Waals surface area contributed by atoms with Crippen molar-refractivity contribution in [3.63, 3.8) is 0 Å². The molecule has 5 nitrogen and oxygen atoms in total. The van der Waals surface area contributed by atoms with Crippen LogP contribution in [-0.2, 0) is 11.3 Å². The van der Waals surface area contributed by atoms with Crippen LogP contribution in [0.25, 0.3) is 0 Å². The van der Waals surface area contributed by atoms with Crippen molar-refractivity contribution in [2.45, 2.75) is 38.6 Å². The van der Waals surface area contributed by atoms with Crippen LogP contribution in [0.2, 0.25) is 0 Å². The molecule has 1 N–H and O–H groups in total. The summed E-state index contributed by atoms with van der Waals surface area (Å²) in [4.78, 5) is 14.9. The van der Waals surface area contributed by atoms with Gasteiger partial charge in [-0.05, 0) is 25.7 Å².